The predicted molar refractivity (Wildman–Crippen MR) is 98.4 cm³/mol. The maximum atomic E-state index is 12.6. The first-order valence-corrected chi connectivity index (χ1v) is 9.31. The molecule has 128 valence electrons. The van der Waals surface area contributed by atoms with Crippen molar-refractivity contribution in [1.29, 1.82) is 0 Å². The molecular formula is C16H14BrN5O2S. The van der Waals surface area contributed by atoms with Crippen LogP contribution in [0.4, 0.5) is 5.82 Å². The number of aromatic nitrogens is 4. The second kappa shape index (κ2) is 8.21. The summed E-state index contributed by atoms with van der Waals surface area (Å²) in [6.07, 6.45) is 2.57. The molecule has 0 saturated carbocycles. The van der Waals surface area contributed by atoms with E-state index in [4.69, 9.17) is 4.63 Å². The zero-order chi connectivity index (χ0) is 17.6. The number of nitrogens with zero attached hydrogens (tertiary/aromatic N) is 4. The molecule has 0 saturated heterocycles. The zero-order valence-electron chi connectivity index (χ0n) is 13.3. The van der Waals surface area contributed by atoms with Gasteiger partial charge in [-0.25, -0.2) is 14.6 Å². The van der Waals surface area contributed by atoms with E-state index >= 15 is 0 Å². The number of rotatable bonds is 6. The Labute approximate surface area is 156 Å². The van der Waals surface area contributed by atoms with Crippen LogP contribution in [0.3, 0.4) is 0 Å². The van der Waals surface area contributed by atoms with Crippen LogP contribution in [0, 0.1) is 0 Å². The van der Waals surface area contributed by atoms with Crippen molar-refractivity contribution < 1.29 is 9.42 Å². The topological polar surface area (TPSA) is 93.8 Å². The number of carbonyl (C=O) groups excluding carboxylic acids is 1. The summed E-state index contributed by atoms with van der Waals surface area (Å²) in [6.45, 7) is 2.07. The molecule has 9 heteroatoms. The lowest BCUT2D eigenvalue weighted by molar-refractivity contribution is 0.101. The van der Waals surface area contributed by atoms with E-state index in [1.165, 1.54) is 11.8 Å². The van der Waals surface area contributed by atoms with Crippen molar-refractivity contribution in [1.82, 2.24) is 20.3 Å². The first-order chi connectivity index (χ1) is 12.2. The van der Waals surface area contributed by atoms with Gasteiger partial charge in [0.1, 0.15) is 5.69 Å². The predicted octanol–water partition coefficient (Wildman–Crippen LogP) is 4.04. The van der Waals surface area contributed by atoms with Crippen LogP contribution in [0.1, 0.15) is 23.8 Å². The highest BCUT2D eigenvalue weighted by molar-refractivity contribution is 9.10. The normalized spacial score (nSPS) is 10.6. The molecule has 1 amide bonds. The Morgan fingerprint density at radius 2 is 2.08 bits per heavy atom. The number of nitrogens with one attached hydrogen (secondary N) is 1. The fraction of sp³-hybridized carbons (Fsp3) is 0.188. The number of amides is 1. The Morgan fingerprint density at radius 1 is 1.28 bits per heavy atom. The van der Waals surface area contributed by atoms with Gasteiger partial charge in [0, 0.05) is 17.5 Å². The van der Waals surface area contributed by atoms with Crippen molar-refractivity contribution in [2.45, 2.75) is 18.5 Å². The molecular weight excluding hydrogens is 406 g/mol. The minimum atomic E-state index is -0.416. The highest BCUT2D eigenvalue weighted by Crippen LogP contribution is 2.25. The molecule has 2 aromatic heterocycles. The van der Waals surface area contributed by atoms with Crippen molar-refractivity contribution in [3.63, 3.8) is 0 Å². The molecule has 0 bridgehead atoms. The average molecular weight is 420 g/mol. The molecule has 7 nitrogen and oxygen atoms in total. The van der Waals surface area contributed by atoms with E-state index in [0.29, 0.717) is 15.3 Å². The Kier molecular flexibility index (Phi) is 5.77. The molecule has 0 atom stereocenters. The molecule has 0 unspecified atom stereocenters. The second-order valence-corrected chi connectivity index (χ2v) is 6.90. The molecule has 0 radical (unpaired) electrons. The van der Waals surface area contributed by atoms with Crippen LogP contribution in [0.25, 0.3) is 11.3 Å². The number of hydrogen-bond donors (Lipinski definition) is 1. The summed E-state index contributed by atoms with van der Waals surface area (Å²) in [5, 5.41) is 10.9. The average Bonchev–Trinajstić information content (AvgIpc) is 3.09. The van der Waals surface area contributed by atoms with Gasteiger partial charge in [-0.2, -0.15) is 0 Å². The van der Waals surface area contributed by atoms with Crippen LogP contribution in [0.15, 0.2) is 50.8 Å². The fourth-order valence-electron chi connectivity index (χ4n) is 2.00. The summed E-state index contributed by atoms with van der Waals surface area (Å²) in [5.41, 5.74) is 1.48. The molecule has 3 aromatic rings. The number of benzene rings is 1. The van der Waals surface area contributed by atoms with Gasteiger partial charge in [0.25, 0.3) is 5.91 Å². The fourth-order valence-corrected chi connectivity index (χ4v) is 3.04. The van der Waals surface area contributed by atoms with Gasteiger partial charge in [-0.1, -0.05) is 49.0 Å². The van der Waals surface area contributed by atoms with Crippen LogP contribution in [0.5, 0.6) is 0 Å². The Hall–Kier alpha value is -2.26. The van der Waals surface area contributed by atoms with E-state index in [-0.39, 0.29) is 11.5 Å². The molecule has 0 fully saturated rings. The first kappa shape index (κ1) is 17.6. The van der Waals surface area contributed by atoms with Crippen molar-refractivity contribution >= 4 is 39.4 Å². The summed E-state index contributed by atoms with van der Waals surface area (Å²) in [4.78, 5) is 21.1. The minimum Gasteiger partial charge on any atom is -0.300 e. The van der Waals surface area contributed by atoms with E-state index in [1.807, 2.05) is 30.3 Å². The highest BCUT2D eigenvalue weighted by atomic mass is 79.9. The molecule has 0 aliphatic heterocycles. The highest BCUT2D eigenvalue weighted by Gasteiger charge is 2.19. The quantitative estimate of drug-likeness (QED) is 0.475. The van der Waals surface area contributed by atoms with Crippen LogP contribution in [0.2, 0.25) is 0 Å². The first-order valence-electron chi connectivity index (χ1n) is 7.53. The minimum absolute atomic E-state index is 0.232. The van der Waals surface area contributed by atoms with Crippen molar-refractivity contribution in [2.75, 3.05) is 11.1 Å². The molecule has 0 spiro atoms. The van der Waals surface area contributed by atoms with E-state index in [9.17, 15) is 4.79 Å². The summed E-state index contributed by atoms with van der Waals surface area (Å²) in [5.74, 6) is 0.707. The van der Waals surface area contributed by atoms with Gasteiger partial charge in [-0.3, -0.25) is 4.79 Å². The molecule has 3 rings (SSSR count). The molecule has 1 N–H and O–H groups in total. The zero-order valence-corrected chi connectivity index (χ0v) is 15.7. The maximum Gasteiger partial charge on any atom is 0.276 e. The molecule has 0 aliphatic carbocycles. The monoisotopic (exact) mass is 419 g/mol. The molecule has 0 aliphatic rings. The maximum absolute atomic E-state index is 12.6. The third-order valence-corrected chi connectivity index (χ3v) is 4.79. The number of anilines is 1. The molecule has 25 heavy (non-hydrogen) atoms. The van der Waals surface area contributed by atoms with Gasteiger partial charge in [-0.05, 0) is 32.7 Å². The second-order valence-electron chi connectivity index (χ2n) is 4.98. The SMILES string of the molecule is CCCSc1ncc(Br)c(C(=O)Nc2nonc2-c2ccccc2)n1. The van der Waals surface area contributed by atoms with Crippen molar-refractivity contribution in [2.24, 2.45) is 0 Å². The van der Waals surface area contributed by atoms with Crippen LogP contribution in [-0.2, 0) is 0 Å². The van der Waals surface area contributed by atoms with E-state index in [1.54, 1.807) is 6.20 Å². The van der Waals surface area contributed by atoms with Gasteiger partial charge >= 0.3 is 0 Å². The lowest BCUT2D eigenvalue weighted by atomic mass is 10.1. The summed E-state index contributed by atoms with van der Waals surface area (Å²) in [7, 11) is 0. The number of thioether (sulfide) groups is 1. The molecule has 1 aromatic carbocycles. The lowest BCUT2D eigenvalue weighted by Crippen LogP contribution is -2.16. The Bertz CT molecular complexity index is 872. The van der Waals surface area contributed by atoms with Gasteiger partial charge in [0.05, 0.1) is 4.47 Å². The third kappa shape index (κ3) is 4.23. The Morgan fingerprint density at radius 3 is 2.84 bits per heavy atom. The standard InChI is InChI=1S/C16H14BrN5O2S/c1-2-8-25-16-18-9-11(17)13(19-16)15(23)20-14-12(21-24-22-14)10-6-4-3-5-7-10/h3-7,9H,2,8H2,1H3,(H,20,22,23). The van der Waals surface area contributed by atoms with Crippen LogP contribution >= 0.6 is 27.7 Å². The van der Waals surface area contributed by atoms with Crippen molar-refractivity contribution in [3.05, 3.63) is 46.7 Å². The summed E-state index contributed by atoms with van der Waals surface area (Å²) in [6, 6.07) is 9.34. The smallest absolute Gasteiger partial charge is 0.276 e. The lowest BCUT2D eigenvalue weighted by Gasteiger charge is -2.06. The van der Waals surface area contributed by atoms with E-state index in [2.05, 4.69) is 48.5 Å². The van der Waals surface area contributed by atoms with Gasteiger partial charge in [0.15, 0.2) is 10.9 Å². The van der Waals surface area contributed by atoms with E-state index in [0.717, 1.165) is 17.7 Å². The number of carbonyl (C=O) groups is 1. The van der Waals surface area contributed by atoms with Crippen LogP contribution in [-0.4, -0.2) is 31.9 Å². The van der Waals surface area contributed by atoms with Crippen LogP contribution < -0.4 is 5.32 Å². The summed E-state index contributed by atoms with van der Waals surface area (Å²) >= 11 is 4.81. The van der Waals surface area contributed by atoms with Gasteiger partial charge in [0.2, 0.25) is 5.82 Å². The van der Waals surface area contributed by atoms with Gasteiger partial charge < -0.3 is 5.32 Å². The number of hydrogen-bond acceptors (Lipinski definition) is 7. The van der Waals surface area contributed by atoms with Gasteiger partial charge in [-0.15, -0.1) is 0 Å². The van der Waals surface area contributed by atoms with Crippen molar-refractivity contribution in [3.8, 4) is 11.3 Å². The largest absolute Gasteiger partial charge is 0.300 e. The third-order valence-electron chi connectivity index (χ3n) is 3.14. The number of halogens is 1. The summed E-state index contributed by atoms with van der Waals surface area (Å²) < 4.78 is 5.28. The molecule has 2 heterocycles. The Balaban J connectivity index is 1.83. The van der Waals surface area contributed by atoms with E-state index < -0.39 is 5.91 Å².